The normalized spacial score (nSPS) is 27.1. The molecule has 4 fully saturated rings. The van der Waals surface area contributed by atoms with E-state index >= 15 is 0 Å². The number of rotatable bonds is 12. The van der Waals surface area contributed by atoms with Gasteiger partial charge >= 0.3 is 0 Å². The van der Waals surface area contributed by atoms with Crippen LogP contribution in [0.4, 0.5) is 0 Å². The number of carbonyl (C=O) groups is 2. The van der Waals surface area contributed by atoms with E-state index in [0.29, 0.717) is 61.7 Å². The molecule has 0 aromatic carbocycles. The minimum Gasteiger partial charge on any atom is -0.477 e. The second-order valence-corrected chi connectivity index (χ2v) is 11.7. The first-order chi connectivity index (χ1) is 17.3. The molecule has 0 atom stereocenters. The highest BCUT2D eigenvalue weighted by Crippen LogP contribution is 2.53. The van der Waals surface area contributed by atoms with Gasteiger partial charge in [-0.05, 0) is 74.5 Å². The van der Waals surface area contributed by atoms with Crippen molar-refractivity contribution in [2.45, 2.75) is 78.7 Å². The summed E-state index contributed by atoms with van der Waals surface area (Å²) in [5, 5.41) is 10.8. The second-order valence-electron chi connectivity index (χ2n) is 11.7. The lowest BCUT2D eigenvalue weighted by Crippen LogP contribution is -2.55. The molecule has 2 amide bonds. The van der Waals surface area contributed by atoms with Crippen LogP contribution in [-0.4, -0.2) is 47.3 Å². The Kier molecular flexibility index (Phi) is 8.43. The molecule has 4 aliphatic rings. The van der Waals surface area contributed by atoms with Crippen LogP contribution in [0.3, 0.4) is 0 Å². The highest BCUT2D eigenvalue weighted by Gasteiger charge is 2.48. The highest BCUT2D eigenvalue weighted by molar-refractivity contribution is 5.96. The molecule has 1 aromatic rings. The summed E-state index contributed by atoms with van der Waals surface area (Å²) < 4.78 is 7.73. The van der Waals surface area contributed by atoms with Crippen molar-refractivity contribution in [3.63, 3.8) is 0 Å². The van der Waals surface area contributed by atoms with Crippen molar-refractivity contribution in [3.05, 3.63) is 17.8 Å². The van der Waals surface area contributed by atoms with E-state index in [1.807, 2.05) is 19.9 Å². The predicted molar refractivity (Wildman–Crippen MR) is 141 cm³/mol. The number of carbonyl (C=O) groups excluding carboxylic acids is 2. The minimum absolute atomic E-state index is 0.0501. The zero-order chi connectivity index (χ0) is 25.9. The van der Waals surface area contributed by atoms with Crippen molar-refractivity contribution in [1.82, 2.24) is 20.4 Å². The second kappa shape index (κ2) is 11.4. The van der Waals surface area contributed by atoms with Crippen molar-refractivity contribution < 1.29 is 14.3 Å². The van der Waals surface area contributed by atoms with Crippen LogP contribution in [-0.2, 0) is 4.79 Å². The van der Waals surface area contributed by atoms with Crippen LogP contribution in [0.15, 0.2) is 12.3 Å². The molecule has 0 spiro atoms. The van der Waals surface area contributed by atoms with Gasteiger partial charge in [0.2, 0.25) is 11.8 Å². The maximum atomic E-state index is 13.5. The standard InChI is InChI=1S/C28H45N5O3/c1-5-28(6-2,27(35)30-9-8-29)7-10-33-26(36-17-18(3)4)23(16-31-33)25(34)32-24-21-12-19-11-20(14-21)15-22(24)13-19/h7,10,16,18-22,24H,5-6,8-9,11-15,17,29H2,1-4H3,(H,30,35)(H,32,34)/b10-7+. The molecule has 4 bridgehead atoms. The van der Waals surface area contributed by atoms with E-state index in [-0.39, 0.29) is 17.9 Å². The molecule has 0 unspecified atom stereocenters. The summed E-state index contributed by atoms with van der Waals surface area (Å²) in [6.45, 7) is 9.46. The molecule has 5 rings (SSSR count). The molecule has 0 aliphatic heterocycles. The van der Waals surface area contributed by atoms with Gasteiger partial charge in [0.05, 0.1) is 18.2 Å². The summed E-state index contributed by atoms with van der Waals surface area (Å²) in [5.74, 6) is 3.49. The highest BCUT2D eigenvalue weighted by atomic mass is 16.5. The number of nitrogens with one attached hydrogen (secondary N) is 2. The van der Waals surface area contributed by atoms with Crippen molar-refractivity contribution in [2.24, 2.45) is 40.7 Å². The molecule has 4 aliphatic carbocycles. The number of ether oxygens (including phenoxy) is 1. The fourth-order valence-electron chi connectivity index (χ4n) is 6.85. The van der Waals surface area contributed by atoms with Crippen LogP contribution in [0.5, 0.6) is 5.88 Å². The maximum Gasteiger partial charge on any atom is 0.258 e. The van der Waals surface area contributed by atoms with Crippen LogP contribution in [0, 0.1) is 35.0 Å². The van der Waals surface area contributed by atoms with Gasteiger partial charge in [-0.25, -0.2) is 4.68 Å². The molecule has 4 N–H and O–H groups in total. The Morgan fingerprint density at radius 2 is 1.81 bits per heavy atom. The van der Waals surface area contributed by atoms with Crippen molar-refractivity contribution in [2.75, 3.05) is 19.7 Å². The molecule has 4 saturated carbocycles. The third-order valence-corrected chi connectivity index (χ3v) is 8.75. The molecule has 36 heavy (non-hydrogen) atoms. The van der Waals surface area contributed by atoms with Crippen LogP contribution >= 0.6 is 0 Å². The van der Waals surface area contributed by atoms with Gasteiger partial charge in [-0.3, -0.25) is 9.59 Å². The Balaban J connectivity index is 1.55. The third-order valence-electron chi connectivity index (χ3n) is 8.75. The quantitative estimate of drug-likeness (QED) is 0.405. The van der Waals surface area contributed by atoms with Gasteiger partial charge in [0, 0.05) is 25.3 Å². The van der Waals surface area contributed by atoms with Gasteiger partial charge in [0.1, 0.15) is 5.56 Å². The van der Waals surface area contributed by atoms with E-state index in [4.69, 9.17) is 10.5 Å². The molecular weight excluding hydrogens is 454 g/mol. The van der Waals surface area contributed by atoms with Gasteiger partial charge in [-0.15, -0.1) is 0 Å². The minimum atomic E-state index is -0.681. The van der Waals surface area contributed by atoms with Crippen molar-refractivity contribution in [1.29, 1.82) is 0 Å². The Hall–Kier alpha value is -2.35. The summed E-state index contributed by atoms with van der Waals surface area (Å²) in [4.78, 5) is 26.4. The first-order valence-corrected chi connectivity index (χ1v) is 14.0. The zero-order valence-electron chi connectivity index (χ0n) is 22.5. The van der Waals surface area contributed by atoms with E-state index in [1.165, 1.54) is 32.1 Å². The number of amides is 2. The summed E-state index contributed by atoms with van der Waals surface area (Å²) in [7, 11) is 0. The van der Waals surface area contributed by atoms with Crippen molar-refractivity contribution >= 4 is 18.0 Å². The Morgan fingerprint density at radius 3 is 2.36 bits per heavy atom. The van der Waals surface area contributed by atoms with Crippen LogP contribution < -0.4 is 21.1 Å². The summed E-state index contributed by atoms with van der Waals surface area (Å²) >= 11 is 0. The van der Waals surface area contributed by atoms with E-state index in [9.17, 15) is 9.59 Å². The van der Waals surface area contributed by atoms with E-state index < -0.39 is 5.41 Å². The lowest BCUT2D eigenvalue weighted by atomic mass is 9.54. The summed E-state index contributed by atoms with van der Waals surface area (Å²) in [5.41, 5.74) is 5.36. The predicted octanol–water partition coefficient (Wildman–Crippen LogP) is 3.82. The van der Waals surface area contributed by atoms with E-state index in [1.54, 1.807) is 17.1 Å². The molecule has 1 aromatic heterocycles. The van der Waals surface area contributed by atoms with Crippen LogP contribution in [0.2, 0.25) is 0 Å². The fourth-order valence-corrected chi connectivity index (χ4v) is 6.85. The SMILES string of the molecule is CCC(/C=C/n1ncc(C(=O)NC2C3CC4CC(C3)CC2C4)c1OCC(C)C)(CC)C(=O)NCCN. The average Bonchev–Trinajstić information content (AvgIpc) is 3.27. The van der Waals surface area contributed by atoms with E-state index in [0.717, 1.165) is 11.8 Å². The van der Waals surface area contributed by atoms with Gasteiger partial charge in [-0.2, -0.15) is 5.10 Å². The molecule has 8 nitrogen and oxygen atoms in total. The van der Waals surface area contributed by atoms with Crippen molar-refractivity contribution in [3.8, 4) is 5.88 Å². The molecule has 0 radical (unpaired) electrons. The summed E-state index contributed by atoms with van der Waals surface area (Å²) in [6, 6.07) is 0.251. The molecular formula is C28H45N5O3. The number of hydrogen-bond donors (Lipinski definition) is 3. The van der Waals surface area contributed by atoms with Gasteiger partial charge in [-0.1, -0.05) is 33.8 Å². The monoisotopic (exact) mass is 499 g/mol. The largest absolute Gasteiger partial charge is 0.477 e. The smallest absolute Gasteiger partial charge is 0.258 e. The zero-order valence-corrected chi connectivity index (χ0v) is 22.5. The molecule has 200 valence electrons. The first-order valence-electron chi connectivity index (χ1n) is 14.0. The maximum absolute atomic E-state index is 13.5. The first kappa shape index (κ1) is 26.7. The number of aromatic nitrogens is 2. The number of nitrogens with two attached hydrogens (primary N) is 1. The lowest BCUT2D eigenvalue weighted by Gasteiger charge is -2.54. The lowest BCUT2D eigenvalue weighted by molar-refractivity contribution is -0.128. The Labute approximate surface area is 215 Å². The van der Waals surface area contributed by atoms with Gasteiger partial charge in [0.15, 0.2) is 0 Å². The van der Waals surface area contributed by atoms with E-state index in [2.05, 4.69) is 29.6 Å². The molecule has 8 heteroatoms. The Morgan fingerprint density at radius 1 is 1.17 bits per heavy atom. The third kappa shape index (κ3) is 5.48. The van der Waals surface area contributed by atoms with Crippen LogP contribution in [0.1, 0.15) is 83.0 Å². The molecule has 1 heterocycles. The number of hydrogen-bond acceptors (Lipinski definition) is 5. The summed E-state index contributed by atoms with van der Waals surface area (Å²) in [6.07, 6.45) is 12.9. The van der Waals surface area contributed by atoms with Gasteiger partial charge in [0.25, 0.3) is 5.91 Å². The average molecular weight is 500 g/mol. The molecule has 0 saturated heterocycles. The Bertz CT molecular complexity index is 921. The topological polar surface area (TPSA) is 111 Å². The van der Waals surface area contributed by atoms with Crippen LogP contribution in [0.25, 0.3) is 6.20 Å². The number of nitrogens with zero attached hydrogens (tertiary/aromatic N) is 2. The fraction of sp³-hybridized carbons (Fsp3) is 0.750. The van der Waals surface area contributed by atoms with Gasteiger partial charge < -0.3 is 21.1 Å².